The van der Waals surface area contributed by atoms with E-state index >= 15 is 0 Å². The molecule has 0 aromatic carbocycles. The minimum absolute atomic E-state index is 0.209. The van der Waals surface area contributed by atoms with Crippen LogP contribution in [0.15, 0.2) is 30.1 Å². The second-order valence-corrected chi connectivity index (χ2v) is 9.83. The van der Waals surface area contributed by atoms with E-state index in [1.807, 2.05) is 19.1 Å². The summed E-state index contributed by atoms with van der Waals surface area (Å²) in [4.78, 5) is 18.7. The molecule has 1 atom stereocenters. The number of hydrazine groups is 1. The van der Waals surface area contributed by atoms with E-state index in [0.717, 1.165) is 65.9 Å². The van der Waals surface area contributed by atoms with E-state index in [2.05, 4.69) is 16.0 Å². The van der Waals surface area contributed by atoms with Gasteiger partial charge in [-0.05, 0) is 43.9 Å². The third-order valence-electron chi connectivity index (χ3n) is 5.97. The average molecular weight is 474 g/mol. The number of aromatic nitrogens is 3. The summed E-state index contributed by atoms with van der Waals surface area (Å²) in [6.07, 6.45) is 3.99. The highest BCUT2D eigenvalue weighted by Gasteiger charge is 2.21. The molecule has 1 aliphatic heterocycles. The van der Waals surface area contributed by atoms with Crippen molar-refractivity contribution in [2.45, 2.75) is 26.3 Å². The largest absolute Gasteiger partial charge is 0.401 e. The highest BCUT2D eigenvalue weighted by Crippen LogP contribution is 2.32. The van der Waals surface area contributed by atoms with Crippen molar-refractivity contribution >= 4 is 41.6 Å². The van der Waals surface area contributed by atoms with Crippen LogP contribution in [0.4, 0.5) is 5.82 Å². The lowest BCUT2D eigenvalue weighted by molar-refractivity contribution is 0.0619. The van der Waals surface area contributed by atoms with Gasteiger partial charge in [0.05, 0.1) is 16.7 Å². The molecule has 1 aliphatic rings. The molecule has 4 rings (SSSR count). The van der Waals surface area contributed by atoms with Gasteiger partial charge in [-0.15, -0.1) is 0 Å². The van der Waals surface area contributed by atoms with Crippen LogP contribution in [0.3, 0.4) is 0 Å². The van der Waals surface area contributed by atoms with Crippen LogP contribution in [0.1, 0.15) is 25.3 Å². The van der Waals surface area contributed by atoms with E-state index in [9.17, 15) is 4.57 Å². The Bertz CT molecular complexity index is 1200. The van der Waals surface area contributed by atoms with Gasteiger partial charge < -0.3 is 30.3 Å². The third-order valence-corrected chi connectivity index (χ3v) is 6.65. The molecule has 0 spiro atoms. The molecule has 178 valence electrons. The third kappa shape index (κ3) is 5.14. The first-order chi connectivity index (χ1) is 15.8. The fourth-order valence-corrected chi connectivity index (χ4v) is 4.77. The van der Waals surface area contributed by atoms with Crippen LogP contribution >= 0.6 is 8.03 Å². The van der Waals surface area contributed by atoms with Crippen molar-refractivity contribution in [1.82, 2.24) is 19.5 Å². The van der Waals surface area contributed by atoms with Gasteiger partial charge in [-0.2, -0.15) is 0 Å². The van der Waals surface area contributed by atoms with Gasteiger partial charge in [-0.1, -0.05) is 0 Å². The van der Waals surface area contributed by atoms with Crippen LogP contribution in [-0.2, 0) is 15.8 Å². The summed E-state index contributed by atoms with van der Waals surface area (Å²) in [6, 6.07) is 5.96. The van der Waals surface area contributed by atoms with Crippen molar-refractivity contribution in [2.75, 3.05) is 38.3 Å². The van der Waals surface area contributed by atoms with Crippen molar-refractivity contribution < 1.29 is 14.2 Å². The summed E-state index contributed by atoms with van der Waals surface area (Å²) in [5.41, 5.74) is 11.0. The fraction of sp³-hybridized carbons (Fsp3) is 0.455. The van der Waals surface area contributed by atoms with Gasteiger partial charge in [-0.25, -0.2) is 10.8 Å². The number of allylic oxidation sites excluding steroid dienone is 1. The summed E-state index contributed by atoms with van der Waals surface area (Å²) in [5.74, 6) is 7.20. The molecule has 4 heterocycles. The minimum Gasteiger partial charge on any atom is -0.401 e. The van der Waals surface area contributed by atoms with Crippen LogP contribution in [0.2, 0.25) is 0 Å². The van der Waals surface area contributed by atoms with Crippen LogP contribution in [0, 0.1) is 5.92 Å². The smallest absolute Gasteiger partial charge is 0.190 e. The molecule has 11 heteroatoms. The lowest BCUT2D eigenvalue weighted by Crippen LogP contribution is -2.26. The number of pyridine rings is 2. The molecule has 6 N–H and O–H groups in total. The van der Waals surface area contributed by atoms with E-state index in [1.165, 1.54) is 5.01 Å². The molecule has 0 radical (unpaired) electrons. The second-order valence-electron chi connectivity index (χ2n) is 8.54. The zero-order chi connectivity index (χ0) is 23.5. The number of anilines is 1. The zero-order valence-electron chi connectivity index (χ0n) is 19.0. The summed E-state index contributed by atoms with van der Waals surface area (Å²) >= 11 is 0. The molecule has 3 aromatic rings. The van der Waals surface area contributed by atoms with Gasteiger partial charge >= 0.3 is 0 Å². The number of ether oxygens (including phenoxy) is 1. The Morgan fingerprint density at radius 3 is 2.82 bits per heavy atom. The number of hydrogen-bond acceptors (Lipinski definition) is 8. The molecule has 0 saturated carbocycles. The number of nitrogens with one attached hydrogen (secondary N) is 1. The predicted octanol–water partition coefficient (Wildman–Crippen LogP) is 2.34. The molecular formula is C22H32N7O3P. The summed E-state index contributed by atoms with van der Waals surface area (Å²) < 4.78 is 18.8. The predicted molar refractivity (Wildman–Crippen MR) is 132 cm³/mol. The lowest BCUT2D eigenvalue weighted by Gasteiger charge is -2.23. The monoisotopic (exact) mass is 473 g/mol. The Kier molecular flexibility index (Phi) is 7.19. The molecule has 33 heavy (non-hydrogen) atoms. The van der Waals surface area contributed by atoms with Gasteiger partial charge in [0.1, 0.15) is 11.5 Å². The summed E-state index contributed by atoms with van der Waals surface area (Å²) in [7, 11) is -0.758. The van der Waals surface area contributed by atoms with Crippen molar-refractivity contribution in [3.05, 3.63) is 35.7 Å². The standard InChI is InChI=1S/C22H32N7O3P/c1-14(23)21(28(2)24)16-11-18-20(26-12-16)17-3-4-19(25-7-10-33(30)31)27-22(17)29(18)13-15-5-8-32-9-6-15/h3-4,11-12,15,33H,5-10,13,23-24H2,1-2H3,(H,25,27)(H,30,31)/b21-14-. The SMILES string of the molecule is C/C(N)=C(\c1cnc2c3ccc(NCC[PH](=O)O)nc3n(CC3CCOCC3)c2c1)N(C)N. The maximum atomic E-state index is 11.1. The van der Waals surface area contributed by atoms with Gasteiger partial charge in [0.2, 0.25) is 0 Å². The number of hydrogen-bond donors (Lipinski definition) is 4. The number of rotatable bonds is 8. The van der Waals surface area contributed by atoms with Crippen LogP contribution in [0.25, 0.3) is 27.8 Å². The molecule has 1 unspecified atom stereocenters. The van der Waals surface area contributed by atoms with E-state index in [0.29, 0.717) is 24.0 Å². The van der Waals surface area contributed by atoms with Gasteiger partial charge in [0.25, 0.3) is 0 Å². The minimum atomic E-state index is -2.52. The maximum absolute atomic E-state index is 11.1. The van der Waals surface area contributed by atoms with Crippen LogP contribution < -0.4 is 16.9 Å². The molecule has 0 aliphatic carbocycles. The van der Waals surface area contributed by atoms with Crippen molar-refractivity contribution in [1.29, 1.82) is 0 Å². The maximum Gasteiger partial charge on any atom is 0.190 e. The van der Waals surface area contributed by atoms with E-state index in [1.54, 1.807) is 13.2 Å². The fourth-order valence-electron chi connectivity index (χ4n) is 4.43. The Balaban J connectivity index is 1.83. The molecule has 3 aromatic heterocycles. The molecule has 1 saturated heterocycles. The Hall–Kier alpha value is -2.65. The van der Waals surface area contributed by atoms with Crippen LogP contribution in [-0.4, -0.2) is 57.4 Å². The average Bonchev–Trinajstić information content (AvgIpc) is 3.06. The Labute approximate surface area is 193 Å². The summed E-state index contributed by atoms with van der Waals surface area (Å²) in [6.45, 7) is 4.55. The van der Waals surface area contributed by atoms with Gasteiger partial charge in [-0.3, -0.25) is 9.55 Å². The Morgan fingerprint density at radius 1 is 1.39 bits per heavy atom. The van der Waals surface area contributed by atoms with E-state index in [4.69, 9.17) is 31.2 Å². The number of nitrogens with zero attached hydrogens (tertiary/aromatic N) is 4. The number of nitrogens with two attached hydrogens (primary N) is 2. The Morgan fingerprint density at radius 2 is 2.15 bits per heavy atom. The second kappa shape index (κ2) is 10.1. The van der Waals surface area contributed by atoms with E-state index < -0.39 is 8.03 Å². The summed E-state index contributed by atoms with van der Waals surface area (Å²) in [5, 5.41) is 5.63. The molecule has 10 nitrogen and oxygen atoms in total. The first-order valence-electron chi connectivity index (χ1n) is 11.1. The highest BCUT2D eigenvalue weighted by atomic mass is 31.1. The molecule has 1 fully saturated rings. The molecular weight excluding hydrogens is 441 g/mol. The highest BCUT2D eigenvalue weighted by molar-refractivity contribution is 7.38. The normalized spacial score (nSPS) is 16.7. The van der Waals surface area contributed by atoms with Crippen molar-refractivity contribution in [3.63, 3.8) is 0 Å². The molecule has 0 amide bonds. The zero-order valence-corrected chi connectivity index (χ0v) is 20.0. The van der Waals surface area contributed by atoms with Crippen molar-refractivity contribution in [3.8, 4) is 0 Å². The first-order valence-corrected chi connectivity index (χ1v) is 12.7. The first kappa shape index (κ1) is 23.5. The van der Waals surface area contributed by atoms with E-state index in [-0.39, 0.29) is 6.16 Å². The van der Waals surface area contributed by atoms with Crippen molar-refractivity contribution in [2.24, 2.45) is 17.5 Å². The quantitative estimate of drug-likeness (QED) is 0.220. The molecule has 0 bridgehead atoms. The van der Waals surface area contributed by atoms with Gasteiger partial charge in [0, 0.05) is 62.4 Å². The van der Waals surface area contributed by atoms with Gasteiger partial charge in [0.15, 0.2) is 8.03 Å². The van der Waals surface area contributed by atoms with Crippen LogP contribution in [0.5, 0.6) is 0 Å². The number of fused-ring (bicyclic) bond motifs is 3. The lowest BCUT2D eigenvalue weighted by atomic mass is 10.0. The topological polar surface area (TPSA) is 145 Å².